The van der Waals surface area contributed by atoms with E-state index in [1.807, 2.05) is 13.8 Å². The van der Waals surface area contributed by atoms with Crippen LogP contribution in [0.4, 0.5) is 24.7 Å². The van der Waals surface area contributed by atoms with E-state index in [1.165, 1.54) is 0 Å². The van der Waals surface area contributed by atoms with Crippen LogP contribution in [0.15, 0.2) is 23.1 Å². The van der Waals surface area contributed by atoms with Crippen LogP contribution in [0.25, 0.3) is 11.0 Å². The minimum Gasteiger partial charge on any atom is -0.366 e. The van der Waals surface area contributed by atoms with E-state index in [4.69, 9.17) is 5.73 Å². The maximum absolute atomic E-state index is 14.2. The van der Waals surface area contributed by atoms with E-state index in [1.54, 1.807) is 17.0 Å². The van der Waals surface area contributed by atoms with Gasteiger partial charge < -0.3 is 15.6 Å². The number of imidazole rings is 1. The number of rotatable bonds is 4. The summed E-state index contributed by atoms with van der Waals surface area (Å²) in [5, 5.41) is 2.61. The van der Waals surface area contributed by atoms with Crippen molar-refractivity contribution >= 4 is 44.4 Å². The number of pyridine rings is 1. The number of anilines is 2. The van der Waals surface area contributed by atoms with Gasteiger partial charge in [-0.3, -0.25) is 4.79 Å². The van der Waals surface area contributed by atoms with Gasteiger partial charge in [0, 0.05) is 6.04 Å². The number of nitrogens with zero attached hydrogens (tertiary/aromatic N) is 3. The van der Waals surface area contributed by atoms with Crippen LogP contribution >= 0.6 is 15.9 Å². The Hall–Kier alpha value is -2.62. The maximum atomic E-state index is 14.2. The molecule has 0 atom stereocenters. The van der Waals surface area contributed by atoms with E-state index in [9.17, 15) is 18.0 Å². The number of carbonyl (C=O) groups excluding carboxylic acids is 1. The molecular weight excluding hydrogens is 415 g/mol. The lowest BCUT2D eigenvalue weighted by Gasteiger charge is -2.14. The van der Waals surface area contributed by atoms with Gasteiger partial charge in [0.2, 0.25) is 0 Å². The van der Waals surface area contributed by atoms with Crippen molar-refractivity contribution in [3.05, 3.63) is 46.1 Å². The van der Waals surface area contributed by atoms with Gasteiger partial charge >= 0.3 is 0 Å². The number of hydrogen-bond donors (Lipinski definition) is 2. The highest BCUT2D eigenvalue weighted by Crippen LogP contribution is 2.31. The summed E-state index contributed by atoms with van der Waals surface area (Å²) in [5.74, 6) is -5.99. The SMILES string of the molecule is CC(C)n1cnc2cc(Br)nc(Nc3cc(C(N)=O)c(F)c(F)c3F)c21. The average Bonchev–Trinajstić information content (AvgIpc) is 2.99. The minimum atomic E-state index is -1.80. The summed E-state index contributed by atoms with van der Waals surface area (Å²) in [6.45, 7) is 3.83. The molecule has 26 heavy (non-hydrogen) atoms. The lowest BCUT2D eigenvalue weighted by atomic mass is 10.1. The first kappa shape index (κ1) is 18.2. The number of nitrogens with two attached hydrogens (primary N) is 1. The Morgan fingerprint density at radius 2 is 1.92 bits per heavy atom. The monoisotopic (exact) mass is 427 g/mol. The molecule has 0 saturated heterocycles. The quantitative estimate of drug-likeness (QED) is 0.486. The molecule has 0 spiro atoms. The number of amides is 1. The van der Waals surface area contributed by atoms with Crippen LogP contribution in [0.3, 0.4) is 0 Å². The fourth-order valence-electron chi connectivity index (χ4n) is 2.51. The summed E-state index contributed by atoms with van der Waals surface area (Å²) in [6.07, 6.45) is 1.59. The van der Waals surface area contributed by atoms with Crippen molar-refractivity contribution < 1.29 is 18.0 Å². The Morgan fingerprint density at radius 3 is 2.54 bits per heavy atom. The number of aromatic nitrogens is 3. The lowest BCUT2D eigenvalue weighted by Crippen LogP contribution is -2.16. The first-order valence-corrected chi connectivity index (χ1v) is 8.27. The van der Waals surface area contributed by atoms with Crippen molar-refractivity contribution in [1.29, 1.82) is 0 Å². The summed E-state index contributed by atoms with van der Waals surface area (Å²) in [5.41, 5.74) is 4.88. The van der Waals surface area contributed by atoms with Crippen LogP contribution in [0.1, 0.15) is 30.2 Å². The van der Waals surface area contributed by atoms with E-state index in [0.29, 0.717) is 15.6 Å². The number of primary amides is 1. The Balaban J connectivity index is 2.21. The number of fused-ring (bicyclic) bond motifs is 1. The first-order chi connectivity index (χ1) is 12.2. The van der Waals surface area contributed by atoms with Crippen LogP contribution in [-0.4, -0.2) is 20.4 Å². The zero-order valence-corrected chi connectivity index (χ0v) is 15.2. The van der Waals surface area contributed by atoms with Crippen LogP contribution in [0.2, 0.25) is 0 Å². The summed E-state index contributed by atoms with van der Waals surface area (Å²) < 4.78 is 43.9. The smallest absolute Gasteiger partial charge is 0.251 e. The van der Waals surface area contributed by atoms with Crippen molar-refractivity contribution in [2.24, 2.45) is 5.73 Å². The number of nitrogens with one attached hydrogen (secondary N) is 1. The van der Waals surface area contributed by atoms with Gasteiger partial charge in [0.15, 0.2) is 23.3 Å². The highest BCUT2D eigenvalue weighted by Gasteiger charge is 2.23. The van der Waals surface area contributed by atoms with E-state index in [2.05, 4.69) is 31.2 Å². The normalized spacial score (nSPS) is 11.3. The molecule has 10 heteroatoms. The zero-order valence-electron chi connectivity index (χ0n) is 13.6. The molecule has 0 radical (unpaired) electrons. The lowest BCUT2D eigenvalue weighted by molar-refractivity contribution is 0.0995. The molecule has 3 N–H and O–H groups in total. The van der Waals surface area contributed by atoms with Gasteiger partial charge in [0.25, 0.3) is 5.91 Å². The molecule has 1 aromatic carbocycles. The van der Waals surface area contributed by atoms with E-state index >= 15 is 0 Å². The van der Waals surface area contributed by atoms with E-state index < -0.39 is 34.6 Å². The topological polar surface area (TPSA) is 85.8 Å². The summed E-state index contributed by atoms with van der Waals surface area (Å²) in [7, 11) is 0. The molecule has 0 aliphatic carbocycles. The van der Waals surface area contributed by atoms with Gasteiger partial charge in [-0.15, -0.1) is 0 Å². The van der Waals surface area contributed by atoms with Gasteiger partial charge in [0.1, 0.15) is 10.1 Å². The number of hydrogen-bond acceptors (Lipinski definition) is 4. The van der Waals surface area contributed by atoms with Crippen molar-refractivity contribution in [3.8, 4) is 0 Å². The summed E-state index contributed by atoms with van der Waals surface area (Å²) >= 11 is 3.22. The van der Waals surface area contributed by atoms with Gasteiger partial charge in [-0.2, -0.15) is 0 Å². The Morgan fingerprint density at radius 1 is 1.23 bits per heavy atom. The fraction of sp³-hybridized carbons (Fsp3) is 0.188. The van der Waals surface area contributed by atoms with Gasteiger partial charge in [-0.05, 0) is 41.9 Å². The zero-order chi connectivity index (χ0) is 19.2. The molecule has 136 valence electrons. The van der Waals surface area contributed by atoms with E-state index in [-0.39, 0.29) is 11.9 Å². The average molecular weight is 428 g/mol. The fourth-order valence-corrected chi connectivity index (χ4v) is 2.90. The summed E-state index contributed by atoms with van der Waals surface area (Å²) in [6, 6.07) is 2.48. The van der Waals surface area contributed by atoms with Crippen LogP contribution in [0, 0.1) is 17.5 Å². The van der Waals surface area contributed by atoms with Crippen LogP contribution in [-0.2, 0) is 0 Å². The van der Waals surface area contributed by atoms with Gasteiger partial charge in [0.05, 0.1) is 23.1 Å². The third kappa shape index (κ3) is 3.00. The third-order valence-electron chi connectivity index (χ3n) is 3.74. The predicted octanol–water partition coefficient (Wildman–Crippen LogP) is 4.03. The molecule has 0 aliphatic rings. The molecule has 0 unspecified atom stereocenters. The molecule has 1 amide bonds. The second-order valence-corrected chi connectivity index (χ2v) is 6.62. The van der Waals surface area contributed by atoms with Crippen molar-refractivity contribution in [1.82, 2.24) is 14.5 Å². The molecule has 0 bridgehead atoms. The standard InChI is InChI=1S/C16H13BrF3N5O/c1-6(2)25-5-22-9-4-10(17)24-16(14(9)25)23-8-3-7(15(21)26)11(18)13(20)12(8)19/h3-6H,1-2H3,(H2,21,26)(H,23,24). The van der Waals surface area contributed by atoms with Crippen molar-refractivity contribution in [3.63, 3.8) is 0 Å². The molecule has 0 fully saturated rings. The number of halogens is 4. The van der Waals surface area contributed by atoms with E-state index in [0.717, 1.165) is 6.07 Å². The van der Waals surface area contributed by atoms with Crippen LogP contribution < -0.4 is 11.1 Å². The molecule has 6 nitrogen and oxygen atoms in total. The number of benzene rings is 1. The third-order valence-corrected chi connectivity index (χ3v) is 4.15. The molecule has 0 aliphatic heterocycles. The molecule has 2 heterocycles. The largest absolute Gasteiger partial charge is 0.366 e. The molecule has 2 aromatic heterocycles. The molecular formula is C16H13BrF3N5O. The van der Waals surface area contributed by atoms with Crippen molar-refractivity contribution in [2.75, 3.05) is 5.32 Å². The maximum Gasteiger partial charge on any atom is 0.251 e. The van der Waals surface area contributed by atoms with Gasteiger partial charge in [-0.25, -0.2) is 23.1 Å². The molecule has 3 aromatic rings. The predicted molar refractivity (Wildman–Crippen MR) is 93.7 cm³/mol. The second-order valence-electron chi connectivity index (χ2n) is 5.81. The van der Waals surface area contributed by atoms with Crippen molar-refractivity contribution in [2.45, 2.75) is 19.9 Å². The second kappa shape index (κ2) is 6.60. The first-order valence-electron chi connectivity index (χ1n) is 7.48. The highest BCUT2D eigenvalue weighted by atomic mass is 79.9. The Bertz CT molecular complexity index is 1030. The minimum absolute atomic E-state index is 0.0134. The number of carbonyl (C=O) groups is 1. The molecule has 0 saturated carbocycles. The van der Waals surface area contributed by atoms with Crippen LogP contribution in [0.5, 0.6) is 0 Å². The Kier molecular flexibility index (Phi) is 4.61. The van der Waals surface area contributed by atoms with Gasteiger partial charge in [-0.1, -0.05) is 0 Å². The molecule has 3 rings (SSSR count). The highest BCUT2D eigenvalue weighted by molar-refractivity contribution is 9.10. The summed E-state index contributed by atoms with van der Waals surface area (Å²) in [4.78, 5) is 19.8. The Labute approximate surface area is 154 Å².